The number of aliphatic hydroxyl groups excluding tert-OH is 2. The summed E-state index contributed by atoms with van der Waals surface area (Å²) in [6.45, 7) is 6.11. The van der Waals surface area contributed by atoms with Crippen molar-refractivity contribution in [3.8, 4) is 0 Å². The van der Waals surface area contributed by atoms with Crippen LogP contribution in [0.25, 0.3) is 0 Å². The Hall–Kier alpha value is -1.17. The molecule has 0 aromatic rings. The van der Waals surface area contributed by atoms with Crippen LogP contribution in [0.2, 0.25) is 0 Å². The SMILES string of the molecule is CC1=C2C(=C[C@H]3[C@]4(C)CC[C@@H](O)[C@@](C)(CO)[C@H]4CC[C@]34OC24)OC1=O. The summed E-state index contributed by atoms with van der Waals surface area (Å²) in [5.41, 5.74) is 0.834. The first-order chi connectivity index (χ1) is 11.8. The van der Waals surface area contributed by atoms with E-state index in [0.717, 1.165) is 24.8 Å². The molecule has 2 aliphatic heterocycles. The van der Waals surface area contributed by atoms with Crippen LogP contribution in [0.3, 0.4) is 0 Å². The third-order valence-electron chi connectivity index (χ3n) is 8.19. The van der Waals surface area contributed by atoms with E-state index in [1.54, 1.807) is 0 Å². The van der Waals surface area contributed by atoms with Crippen LogP contribution >= 0.6 is 0 Å². The van der Waals surface area contributed by atoms with Gasteiger partial charge in [0.1, 0.15) is 17.5 Å². The van der Waals surface area contributed by atoms with Gasteiger partial charge in [-0.05, 0) is 50.0 Å². The molecule has 1 saturated heterocycles. The zero-order valence-electron chi connectivity index (χ0n) is 15.0. The minimum Gasteiger partial charge on any atom is -0.423 e. The van der Waals surface area contributed by atoms with E-state index < -0.39 is 11.5 Å². The van der Waals surface area contributed by atoms with Crippen molar-refractivity contribution < 1.29 is 24.5 Å². The summed E-state index contributed by atoms with van der Waals surface area (Å²) >= 11 is 0. The third kappa shape index (κ3) is 1.68. The van der Waals surface area contributed by atoms with Crippen molar-refractivity contribution in [1.29, 1.82) is 0 Å². The molecule has 1 unspecified atom stereocenters. The van der Waals surface area contributed by atoms with Gasteiger partial charge < -0.3 is 19.7 Å². The van der Waals surface area contributed by atoms with Crippen LogP contribution < -0.4 is 0 Å². The fraction of sp³-hybridized carbons (Fsp3) is 0.750. The minimum absolute atomic E-state index is 0.00571. The molecule has 3 aliphatic carbocycles. The molecule has 5 nitrogen and oxygen atoms in total. The molecule has 0 aromatic heterocycles. The van der Waals surface area contributed by atoms with Gasteiger partial charge in [-0.3, -0.25) is 0 Å². The maximum Gasteiger partial charge on any atom is 0.339 e. The lowest BCUT2D eigenvalue weighted by molar-refractivity contribution is -0.167. The smallest absolute Gasteiger partial charge is 0.339 e. The number of carbonyl (C=O) groups is 1. The second kappa shape index (κ2) is 4.56. The second-order valence-electron chi connectivity index (χ2n) is 9.21. The normalized spacial score (nSPS) is 53.3. The van der Waals surface area contributed by atoms with Crippen LogP contribution in [0.15, 0.2) is 23.0 Å². The molecule has 136 valence electrons. The fourth-order valence-electron chi connectivity index (χ4n) is 6.64. The second-order valence-corrected chi connectivity index (χ2v) is 9.21. The Balaban J connectivity index is 1.62. The summed E-state index contributed by atoms with van der Waals surface area (Å²) in [4.78, 5) is 12.0. The van der Waals surface area contributed by atoms with Crippen LogP contribution in [-0.4, -0.2) is 40.6 Å². The van der Waals surface area contributed by atoms with Crippen molar-refractivity contribution in [3.63, 3.8) is 0 Å². The predicted molar refractivity (Wildman–Crippen MR) is 89.2 cm³/mol. The van der Waals surface area contributed by atoms with Crippen LogP contribution in [-0.2, 0) is 14.3 Å². The van der Waals surface area contributed by atoms with Crippen molar-refractivity contribution in [3.05, 3.63) is 23.0 Å². The summed E-state index contributed by atoms with van der Waals surface area (Å²) in [6, 6.07) is 0. The Morgan fingerprint density at radius 1 is 1.28 bits per heavy atom. The van der Waals surface area contributed by atoms with Gasteiger partial charge in [-0.1, -0.05) is 13.8 Å². The van der Waals surface area contributed by atoms with Gasteiger partial charge in [0.2, 0.25) is 0 Å². The van der Waals surface area contributed by atoms with Gasteiger partial charge in [0.05, 0.1) is 12.7 Å². The van der Waals surface area contributed by atoms with Crippen LogP contribution in [0.1, 0.15) is 46.5 Å². The molecular formula is C20H26O5. The molecule has 5 heteroatoms. The Kier molecular flexibility index (Phi) is 2.93. The molecule has 0 bridgehead atoms. The summed E-state index contributed by atoms with van der Waals surface area (Å²) in [5.74, 6) is 0.796. The molecule has 2 N–H and O–H groups in total. The first-order valence-corrected chi connectivity index (χ1v) is 9.40. The fourth-order valence-corrected chi connectivity index (χ4v) is 6.64. The lowest BCUT2D eigenvalue weighted by atomic mass is 9.44. The molecule has 2 saturated carbocycles. The van der Waals surface area contributed by atoms with E-state index in [0.29, 0.717) is 17.8 Å². The minimum atomic E-state index is -0.490. The number of ether oxygens (including phenoxy) is 2. The summed E-state index contributed by atoms with van der Waals surface area (Å²) in [7, 11) is 0. The monoisotopic (exact) mass is 346 g/mol. The maximum absolute atomic E-state index is 12.0. The van der Waals surface area contributed by atoms with Gasteiger partial charge in [-0.15, -0.1) is 0 Å². The molecular weight excluding hydrogens is 320 g/mol. The van der Waals surface area contributed by atoms with E-state index in [2.05, 4.69) is 13.0 Å². The Morgan fingerprint density at radius 2 is 2.04 bits per heavy atom. The zero-order valence-corrected chi connectivity index (χ0v) is 15.0. The Labute approximate surface area is 147 Å². The molecule has 25 heavy (non-hydrogen) atoms. The number of carbonyl (C=O) groups excluding carboxylic acids is 1. The van der Waals surface area contributed by atoms with E-state index in [9.17, 15) is 15.0 Å². The molecule has 0 aromatic carbocycles. The maximum atomic E-state index is 12.0. The molecule has 7 atom stereocenters. The van der Waals surface area contributed by atoms with Gasteiger partial charge in [0.15, 0.2) is 0 Å². The van der Waals surface area contributed by atoms with Gasteiger partial charge in [0, 0.05) is 22.5 Å². The average Bonchev–Trinajstić information content (AvgIpc) is 3.23. The number of esters is 1. The standard InChI is InChI=1S/C20H26O5/c1-10-15-11(24-17(10)23)8-13-18(2)6-5-14(22)19(3,9-21)12(18)4-7-20(13)16(15)25-20/h8,12-14,16,21-22H,4-7,9H2,1-3H3/t12-,13-,14+,16?,18+,19-,20-/m0/s1. The molecule has 3 fully saturated rings. The first-order valence-electron chi connectivity index (χ1n) is 9.40. The van der Waals surface area contributed by atoms with Crippen LogP contribution in [0, 0.1) is 22.7 Å². The van der Waals surface area contributed by atoms with Gasteiger partial charge >= 0.3 is 5.97 Å². The highest BCUT2D eigenvalue weighted by atomic mass is 16.6. The molecule has 2 heterocycles. The van der Waals surface area contributed by atoms with Crippen molar-refractivity contribution in [2.45, 2.75) is 64.3 Å². The highest BCUT2D eigenvalue weighted by Crippen LogP contribution is 2.71. The van der Waals surface area contributed by atoms with E-state index in [4.69, 9.17) is 9.47 Å². The Bertz CT molecular complexity index is 738. The molecule has 1 spiro atoms. The van der Waals surface area contributed by atoms with Crippen LogP contribution in [0.4, 0.5) is 0 Å². The number of hydrogen-bond acceptors (Lipinski definition) is 5. The van der Waals surface area contributed by atoms with Gasteiger partial charge in [-0.2, -0.15) is 0 Å². The molecule has 5 rings (SSSR count). The number of epoxide rings is 1. The van der Waals surface area contributed by atoms with Crippen molar-refractivity contribution >= 4 is 5.97 Å². The van der Waals surface area contributed by atoms with Crippen LogP contribution in [0.5, 0.6) is 0 Å². The van der Waals surface area contributed by atoms with E-state index in [1.165, 1.54) is 0 Å². The van der Waals surface area contributed by atoms with E-state index in [1.807, 2.05) is 13.8 Å². The number of hydrogen-bond donors (Lipinski definition) is 2. The number of aliphatic hydroxyl groups is 2. The molecule has 5 aliphatic rings. The predicted octanol–water partition coefficient (Wildman–Crippen LogP) is 2.08. The van der Waals surface area contributed by atoms with Crippen molar-refractivity contribution in [2.24, 2.45) is 22.7 Å². The van der Waals surface area contributed by atoms with E-state index >= 15 is 0 Å². The van der Waals surface area contributed by atoms with E-state index in [-0.39, 0.29) is 41.5 Å². The highest BCUT2D eigenvalue weighted by Gasteiger charge is 2.74. The highest BCUT2D eigenvalue weighted by molar-refractivity contribution is 5.94. The first kappa shape index (κ1) is 16.0. The number of fused-ring (bicyclic) bond motifs is 4. The van der Waals surface area contributed by atoms with Gasteiger partial charge in [0.25, 0.3) is 0 Å². The average molecular weight is 346 g/mol. The summed E-state index contributed by atoms with van der Waals surface area (Å²) in [5, 5.41) is 20.7. The zero-order chi connectivity index (χ0) is 17.8. The molecule has 0 amide bonds. The summed E-state index contributed by atoms with van der Waals surface area (Å²) in [6.07, 6.45) is 5.03. The van der Waals surface area contributed by atoms with Gasteiger partial charge in [-0.25, -0.2) is 4.79 Å². The largest absolute Gasteiger partial charge is 0.423 e. The summed E-state index contributed by atoms with van der Waals surface area (Å²) < 4.78 is 11.8. The molecule has 0 radical (unpaired) electrons. The topological polar surface area (TPSA) is 79.3 Å². The quantitative estimate of drug-likeness (QED) is 0.561. The lowest BCUT2D eigenvalue weighted by Gasteiger charge is -2.60. The lowest BCUT2D eigenvalue weighted by Crippen LogP contribution is -2.60. The Morgan fingerprint density at radius 3 is 2.76 bits per heavy atom. The third-order valence-corrected chi connectivity index (χ3v) is 8.19. The van der Waals surface area contributed by atoms with Crippen molar-refractivity contribution in [1.82, 2.24) is 0 Å². The van der Waals surface area contributed by atoms with Crippen molar-refractivity contribution in [2.75, 3.05) is 6.61 Å². The number of rotatable bonds is 1.